The van der Waals surface area contributed by atoms with Gasteiger partial charge < -0.3 is 19.7 Å². The number of ether oxygens (including phenoxy) is 2. The molecule has 8 nitrogen and oxygen atoms in total. The van der Waals surface area contributed by atoms with Gasteiger partial charge in [-0.25, -0.2) is 0 Å². The first kappa shape index (κ1) is 33.7. The van der Waals surface area contributed by atoms with E-state index in [9.17, 15) is 10.2 Å². The summed E-state index contributed by atoms with van der Waals surface area (Å²) in [4.78, 5) is 13.7. The number of benzene rings is 2. The van der Waals surface area contributed by atoms with E-state index in [0.29, 0.717) is 17.8 Å². The molecule has 2 aromatic heterocycles. The zero-order valence-electron chi connectivity index (χ0n) is 29.0. The minimum absolute atomic E-state index is 0.156. The summed E-state index contributed by atoms with van der Waals surface area (Å²) in [5.74, 6) is 3.39. The lowest BCUT2D eigenvalue weighted by Crippen LogP contribution is -2.58. The Morgan fingerprint density at radius 1 is 0.816 bits per heavy atom. The molecule has 10 rings (SSSR count). The number of rotatable bonds is 8. The van der Waals surface area contributed by atoms with Crippen LogP contribution < -0.4 is 9.47 Å². The van der Waals surface area contributed by atoms with Gasteiger partial charge in [-0.3, -0.25) is 19.8 Å². The molecule has 4 bridgehead atoms. The molecule has 49 heavy (non-hydrogen) atoms. The van der Waals surface area contributed by atoms with E-state index in [0.717, 1.165) is 83.5 Å². The predicted molar refractivity (Wildman–Crippen MR) is 195 cm³/mol. The number of aliphatic hydroxyl groups excluding tert-OH is 2. The van der Waals surface area contributed by atoms with Crippen LogP contribution in [0.2, 0.25) is 0 Å². The maximum Gasteiger partial charge on any atom is 0.119 e. The van der Waals surface area contributed by atoms with E-state index >= 15 is 0 Å². The van der Waals surface area contributed by atoms with Gasteiger partial charge in [-0.1, -0.05) is 19.1 Å². The fourth-order valence-corrected chi connectivity index (χ4v) is 9.15. The Balaban J connectivity index is 0.000000154. The minimum atomic E-state index is -0.519. The third-order valence-electron chi connectivity index (χ3n) is 12.2. The maximum atomic E-state index is 11.2. The normalized spacial score (nSPS) is 31.4. The van der Waals surface area contributed by atoms with Crippen LogP contribution in [-0.4, -0.2) is 82.5 Å². The van der Waals surface area contributed by atoms with Gasteiger partial charge >= 0.3 is 0 Å². The maximum absolute atomic E-state index is 11.2. The molecule has 0 saturated carbocycles. The highest BCUT2D eigenvalue weighted by molar-refractivity contribution is 5.84. The number of fused-ring (bicyclic) bond motifs is 8. The van der Waals surface area contributed by atoms with Gasteiger partial charge in [0.05, 0.1) is 37.5 Å². The molecule has 4 aromatic rings. The average Bonchev–Trinajstić information content (AvgIpc) is 3.16. The van der Waals surface area contributed by atoms with Crippen LogP contribution in [0.1, 0.15) is 55.9 Å². The molecule has 6 aliphatic rings. The highest BCUT2D eigenvalue weighted by Gasteiger charge is 2.48. The molecular formula is C41H50N4O4. The van der Waals surface area contributed by atoms with Crippen molar-refractivity contribution in [3.63, 3.8) is 0 Å². The molecule has 2 aromatic carbocycles. The lowest BCUT2D eigenvalue weighted by Gasteiger charge is -2.55. The minimum Gasteiger partial charge on any atom is -0.497 e. The van der Waals surface area contributed by atoms with Gasteiger partial charge in [-0.05, 0) is 116 Å². The molecule has 2 N–H and O–H groups in total. The summed E-state index contributed by atoms with van der Waals surface area (Å²) in [5, 5.41) is 24.3. The number of aromatic nitrogens is 2. The van der Waals surface area contributed by atoms with Crippen LogP contribution in [-0.2, 0) is 0 Å². The molecular weight excluding hydrogens is 612 g/mol. The number of nitrogens with zero attached hydrogens (tertiary/aromatic N) is 4. The zero-order valence-corrected chi connectivity index (χ0v) is 29.0. The van der Waals surface area contributed by atoms with Gasteiger partial charge in [-0.2, -0.15) is 0 Å². The van der Waals surface area contributed by atoms with Crippen molar-refractivity contribution >= 4 is 21.8 Å². The van der Waals surface area contributed by atoms with Gasteiger partial charge in [0.2, 0.25) is 0 Å². The van der Waals surface area contributed by atoms with Crippen molar-refractivity contribution in [3.8, 4) is 11.5 Å². The van der Waals surface area contributed by atoms with Gasteiger partial charge in [-0.15, -0.1) is 13.2 Å². The summed E-state index contributed by atoms with van der Waals surface area (Å²) in [6, 6.07) is 15.9. The second-order valence-electron chi connectivity index (χ2n) is 14.7. The molecule has 6 fully saturated rings. The second kappa shape index (κ2) is 13.8. The van der Waals surface area contributed by atoms with Crippen LogP contribution in [0.4, 0.5) is 0 Å². The first-order valence-electron chi connectivity index (χ1n) is 17.7. The highest BCUT2D eigenvalue weighted by Crippen LogP contribution is 2.48. The third-order valence-corrected chi connectivity index (χ3v) is 12.2. The van der Waals surface area contributed by atoms with Crippen molar-refractivity contribution in [1.82, 2.24) is 19.8 Å². The number of aliphatic hydroxyl groups is 2. The van der Waals surface area contributed by atoms with Crippen molar-refractivity contribution in [1.29, 1.82) is 0 Å². The van der Waals surface area contributed by atoms with Crippen LogP contribution in [0, 0.1) is 23.2 Å². The second-order valence-corrected chi connectivity index (χ2v) is 14.7. The van der Waals surface area contributed by atoms with E-state index in [1.807, 2.05) is 48.5 Å². The molecule has 0 amide bonds. The van der Waals surface area contributed by atoms with Crippen LogP contribution in [0.25, 0.3) is 21.8 Å². The number of methoxy groups -OCH3 is 2. The Morgan fingerprint density at radius 3 is 1.86 bits per heavy atom. The van der Waals surface area contributed by atoms with Crippen LogP contribution in [0.15, 0.2) is 86.2 Å². The Kier molecular flexibility index (Phi) is 9.50. The topological polar surface area (TPSA) is 91.2 Å². The Hall–Kier alpha value is -3.82. The van der Waals surface area contributed by atoms with Crippen molar-refractivity contribution < 1.29 is 19.7 Å². The number of pyridine rings is 2. The Morgan fingerprint density at radius 2 is 1.39 bits per heavy atom. The summed E-state index contributed by atoms with van der Waals surface area (Å²) in [6.45, 7) is 14.5. The number of hydrogen-bond donors (Lipinski definition) is 2. The quantitative estimate of drug-likeness (QED) is 0.201. The molecule has 6 saturated heterocycles. The fourth-order valence-electron chi connectivity index (χ4n) is 9.15. The van der Waals surface area contributed by atoms with Crippen LogP contribution in [0.5, 0.6) is 11.5 Å². The Labute approximate surface area is 290 Å². The monoisotopic (exact) mass is 662 g/mol. The molecule has 0 spiro atoms. The first-order chi connectivity index (χ1) is 23.8. The molecule has 0 aliphatic carbocycles. The van der Waals surface area contributed by atoms with Gasteiger partial charge in [0.25, 0.3) is 0 Å². The van der Waals surface area contributed by atoms with E-state index in [1.54, 1.807) is 26.6 Å². The van der Waals surface area contributed by atoms with Crippen molar-refractivity contribution in [2.45, 2.75) is 56.9 Å². The first-order valence-corrected chi connectivity index (χ1v) is 17.7. The van der Waals surface area contributed by atoms with Crippen LogP contribution >= 0.6 is 0 Å². The standard InChI is InChI=1S/C21H26N2O2.C20H24N2O2/c1-4-21(2)13-23-10-8-14(21)11-19(23)20(24)16-7-9-22-18-6-5-15(25-3)12-17(16)18;1-3-13-12-22-9-7-14(13)10-19(22)20(23)16-6-8-21-18-5-4-15(24-2)11-17(16)18/h4-7,9,12,14,19-20,24H,1,8,10-11,13H2,2-3H3;3-6,8,11,13-14,19-20,23H,1,7,9-10,12H2,2H3/t14?,19?,20-,21?;13?,14?,19?,20-/m01/s1. The van der Waals surface area contributed by atoms with E-state index in [4.69, 9.17) is 9.47 Å². The van der Waals surface area contributed by atoms with E-state index in [1.165, 1.54) is 12.8 Å². The van der Waals surface area contributed by atoms with E-state index in [-0.39, 0.29) is 17.5 Å². The average molecular weight is 663 g/mol. The number of hydrogen-bond acceptors (Lipinski definition) is 8. The van der Waals surface area contributed by atoms with Gasteiger partial charge in [0.15, 0.2) is 0 Å². The molecule has 8 heterocycles. The zero-order chi connectivity index (χ0) is 34.3. The van der Waals surface area contributed by atoms with Gasteiger partial charge in [0, 0.05) is 53.8 Å². The molecule has 8 heteroatoms. The molecule has 8 unspecified atom stereocenters. The lowest BCUT2D eigenvalue weighted by atomic mass is 9.65. The molecule has 0 radical (unpaired) electrons. The summed E-state index contributed by atoms with van der Waals surface area (Å²) in [6.07, 6.45) is 11.2. The lowest BCUT2D eigenvalue weighted by molar-refractivity contribution is -0.0759. The number of piperidine rings is 6. The molecule has 10 atom stereocenters. The van der Waals surface area contributed by atoms with Crippen LogP contribution in [0.3, 0.4) is 0 Å². The molecule has 6 aliphatic heterocycles. The summed E-state index contributed by atoms with van der Waals surface area (Å²) >= 11 is 0. The summed E-state index contributed by atoms with van der Waals surface area (Å²) in [5.41, 5.74) is 3.85. The molecule has 258 valence electrons. The van der Waals surface area contributed by atoms with E-state index in [2.05, 4.69) is 52.0 Å². The fraction of sp³-hybridized carbons (Fsp3) is 0.463. The summed E-state index contributed by atoms with van der Waals surface area (Å²) < 4.78 is 10.7. The smallest absolute Gasteiger partial charge is 0.119 e. The van der Waals surface area contributed by atoms with Crippen molar-refractivity contribution in [2.24, 2.45) is 23.2 Å². The van der Waals surface area contributed by atoms with Gasteiger partial charge in [0.1, 0.15) is 11.5 Å². The predicted octanol–water partition coefficient (Wildman–Crippen LogP) is 6.74. The third kappa shape index (κ3) is 6.25. The van der Waals surface area contributed by atoms with Crippen molar-refractivity contribution in [3.05, 3.63) is 97.4 Å². The highest BCUT2D eigenvalue weighted by atomic mass is 16.5. The largest absolute Gasteiger partial charge is 0.497 e. The van der Waals surface area contributed by atoms with Crippen molar-refractivity contribution in [2.75, 3.05) is 40.4 Å². The Bertz CT molecular complexity index is 1830. The van der Waals surface area contributed by atoms with E-state index < -0.39 is 12.2 Å². The summed E-state index contributed by atoms with van der Waals surface area (Å²) in [7, 11) is 3.32. The SMILES string of the molecule is C=CC1(C)CN2CCC1CC2[C@@H](O)c1ccnc2ccc(OC)cc12.C=CC1CN2CCC1CC2[C@H](O)c1ccnc2ccc(OC)cc12.